The average Bonchev–Trinajstić information content (AvgIpc) is 3.16. The molecule has 0 fully saturated rings. The number of hydrogen-bond acceptors (Lipinski definition) is 3. The first-order chi connectivity index (χ1) is 14.0. The molecule has 2 heterocycles. The van der Waals surface area contributed by atoms with Crippen LogP contribution in [0, 0.1) is 13.8 Å². The maximum absolute atomic E-state index is 12.3. The number of nitrogens with zero attached hydrogens (tertiary/aromatic N) is 2. The first-order valence-corrected chi connectivity index (χ1v) is 9.31. The molecule has 6 nitrogen and oxygen atoms in total. The van der Waals surface area contributed by atoms with Crippen molar-refractivity contribution >= 4 is 23.1 Å². The van der Waals surface area contributed by atoms with E-state index in [1.165, 1.54) is 0 Å². The van der Waals surface area contributed by atoms with Crippen LogP contribution in [0.1, 0.15) is 11.1 Å². The van der Waals surface area contributed by atoms with E-state index in [4.69, 9.17) is 9.72 Å². The summed E-state index contributed by atoms with van der Waals surface area (Å²) in [7, 11) is 1.62. The van der Waals surface area contributed by atoms with Gasteiger partial charge in [0.15, 0.2) is 0 Å². The van der Waals surface area contributed by atoms with Gasteiger partial charge in [-0.1, -0.05) is 18.2 Å². The number of carbonyl (C=O) groups is 1. The Morgan fingerprint density at radius 1 is 1.00 bits per heavy atom. The molecule has 0 unspecified atom stereocenters. The van der Waals surface area contributed by atoms with Gasteiger partial charge in [0.2, 0.25) is 0 Å². The Morgan fingerprint density at radius 3 is 2.48 bits per heavy atom. The van der Waals surface area contributed by atoms with Crippen LogP contribution in [0.25, 0.3) is 16.9 Å². The number of anilines is 2. The summed E-state index contributed by atoms with van der Waals surface area (Å²) in [4.78, 5) is 17.0. The number of rotatable bonds is 4. The molecule has 2 aromatic carbocycles. The number of fused-ring (bicyclic) bond motifs is 1. The zero-order valence-electron chi connectivity index (χ0n) is 16.6. The summed E-state index contributed by atoms with van der Waals surface area (Å²) < 4.78 is 7.20. The van der Waals surface area contributed by atoms with E-state index >= 15 is 0 Å². The highest BCUT2D eigenvalue weighted by molar-refractivity contribution is 6.00. The van der Waals surface area contributed by atoms with Gasteiger partial charge < -0.3 is 19.8 Å². The van der Waals surface area contributed by atoms with Crippen LogP contribution in [-0.4, -0.2) is 22.5 Å². The molecule has 0 spiro atoms. The summed E-state index contributed by atoms with van der Waals surface area (Å²) in [6.45, 7) is 3.96. The second-order valence-electron chi connectivity index (χ2n) is 6.89. The number of hydrogen-bond donors (Lipinski definition) is 2. The molecule has 2 aromatic heterocycles. The minimum absolute atomic E-state index is 0.297. The summed E-state index contributed by atoms with van der Waals surface area (Å²) in [6.07, 6.45) is 3.99. The number of nitrogens with one attached hydrogen (secondary N) is 2. The molecule has 29 heavy (non-hydrogen) atoms. The smallest absolute Gasteiger partial charge is 0.323 e. The lowest BCUT2D eigenvalue weighted by Crippen LogP contribution is -2.19. The molecule has 0 saturated carbocycles. The van der Waals surface area contributed by atoms with Crippen LogP contribution >= 0.6 is 0 Å². The quantitative estimate of drug-likeness (QED) is 0.502. The number of methoxy groups -OCH3 is 1. The molecule has 2 amide bonds. The minimum Gasteiger partial charge on any atom is -0.497 e. The number of carbonyl (C=O) groups excluding carboxylic acids is 1. The first kappa shape index (κ1) is 18.6. The Bertz CT molecular complexity index is 1180. The summed E-state index contributed by atoms with van der Waals surface area (Å²) in [5.74, 6) is 0.756. The summed E-state index contributed by atoms with van der Waals surface area (Å²) in [5.41, 5.74) is 6.32. The molecule has 0 bridgehead atoms. The van der Waals surface area contributed by atoms with E-state index in [0.29, 0.717) is 5.69 Å². The van der Waals surface area contributed by atoms with Gasteiger partial charge in [-0.3, -0.25) is 0 Å². The number of aromatic nitrogens is 2. The number of amides is 2. The third-order valence-electron chi connectivity index (χ3n) is 4.80. The maximum atomic E-state index is 12.3. The second-order valence-corrected chi connectivity index (χ2v) is 6.89. The van der Waals surface area contributed by atoms with Crippen molar-refractivity contribution in [3.8, 4) is 17.0 Å². The lowest BCUT2D eigenvalue weighted by Gasteiger charge is -2.11. The van der Waals surface area contributed by atoms with Crippen LogP contribution in [-0.2, 0) is 0 Å². The fourth-order valence-electron chi connectivity index (χ4n) is 3.21. The lowest BCUT2D eigenvalue weighted by molar-refractivity contribution is 0.262. The number of pyridine rings is 1. The van der Waals surface area contributed by atoms with Gasteiger partial charge in [0.05, 0.1) is 12.8 Å². The van der Waals surface area contributed by atoms with Crippen molar-refractivity contribution in [2.75, 3.05) is 17.7 Å². The molecule has 0 aliphatic carbocycles. The number of urea groups is 1. The third-order valence-corrected chi connectivity index (χ3v) is 4.80. The lowest BCUT2D eigenvalue weighted by atomic mass is 10.1. The van der Waals surface area contributed by atoms with Crippen molar-refractivity contribution in [1.82, 2.24) is 9.38 Å². The molecular weight excluding hydrogens is 364 g/mol. The highest BCUT2D eigenvalue weighted by Crippen LogP contribution is 2.24. The Morgan fingerprint density at radius 2 is 1.79 bits per heavy atom. The third kappa shape index (κ3) is 3.91. The molecule has 146 valence electrons. The van der Waals surface area contributed by atoms with E-state index in [2.05, 4.69) is 10.6 Å². The molecule has 2 N–H and O–H groups in total. The van der Waals surface area contributed by atoms with Crippen LogP contribution in [0.3, 0.4) is 0 Å². The van der Waals surface area contributed by atoms with E-state index in [0.717, 1.165) is 39.5 Å². The zero-order chi connectivity index (χ0) is 20.4. The first-order valence-electron chi connectivity index (χ1n) is 9.31. The monoisotopic (exact) mass is 386 g/mol. The number of benzene rings is 2. The van der Waals surface area contributed by atoms with E-state index in [9.17, 15) is 4.79 Å². The maximum Gasteiger partial charge on any atom is 0.323 e. The highest BCUT2D eigenvalue weighted by atomic mass is 16.5. The number of aryl methyl sites for hydroxylation is 2. The number of ether oxygens (including phenoxy) is 1. The standard InChI is InChI=1S/C23H22N4O2/c1-15-5-4-12-27-14-21(25-22(15)27)17-6-8-18(9-7-17)24-23(28)26-20-11-10-19(29-3)13-16(20)2/h4-14H,1-3H3,(H2,24,26,28). The van der Waals surface area contributed by atoms with E-state index < -0.39 is 0 Å². The van der Waals surface area contributed by atoms with Gasteiger partial charge in [-0.05, 0) is 61.4 Å². The summed E-state index contributed by atoms with van der Waals surface area (Å²) in [6, 6.07) is 16.9. The zero-order valence-corrected chi connectivity index (χ0v) is 16.6. The topological polar surface area (TPSA) is 67.7 Å². The SMILES string of the molecule is COc1ccc(NC(=O)Nc2ccc(-c3cn4cccc(C)c4n3)cc2)c(C)c1. The van der Waals surface area contributed by atoms with Crippen molar-refractivity contribution in [2.24, 2.45) is 0 Å². The molecule has 0 aliphatic rings. The molecule has 0 aliphatic heterocycles. The minimum atomic E-state index is -0.297. The second kappa shape index (κ2) is 7.67. The molecule has 0 saturated heterocycles. The van der Waals surface area contributed by atoms with Gasteiger partial charge in [-0.25, -0.2) is 9.78 Å². The van der Waals surface area contributed by atoms with Crippen LogP contribution in [0.2, 0.25) is 0 Å². The predicted octanol–water partition coefficient (Wildman–Crippen LogP) is 5.27. The Labute approximate surface area is 169 Å². The van der Waals surface area contributed by atoms with Gasteiger partial charge in [0.25, 0.3) is 0 Å². The largest absolute Gasteiger partial charge is 0.497 e. The van der Waals surface area contributed by atoms with Gasteiger partial charge in [-0.15, -0.1) is 0 Å². The normalized spacial score (nSPS) is 10.7. The predicted molar refractivity (Wildman–Crippen MR) is 116 cm³/mol. The van der Waals surface area contributed by atoms with Crippen molar-refractivity contribution in [3.63, 3.8) is 0 Å². The molecule has 6 heteroatoms. The number of imidazole rings is 1. The molecular formula is C23H22N4O2. The fraction of sp³-hybridized carbons (Fsp3) is 0.130. The van der Waals surface area contributed by atoms with E-state index in [1.807, 2.05) is 85.2 Å². The molecule has 4 rings (SSSR count). The van der Waals surface area contributed by atoms with Crippen LogP contribution < -0.4 is 15.4 Å². The van der Waals surface area contributed by atoms with Crippen LogP contribution in [0.4, 0.5) is 16.2 Å². The van der Waals surface area contributed by atoms with Crippen molar-refractivity contribution in [1.29, 1.82) is 0 Å². The van der Waals surface area contributed by atoms with Gasteiger partial charge >= 0.3 is 6.03 Å². The average molecular weight is 386 g/mol. The van der Waals surface area contributed by atoms with E-state index in [-0.39, 0.29) is 6.03 Å². The fourth-order valence-corrected chi connectivity index (χ4v) is 3.21. The molecule has 0 radical (unpaired) electrons. The van der Waals surface area contributed by atoms with Crippen molar-refractivity contribution in [3.05, 3.63) is 78.1 Å². The Balaban J connectivity index is 1.46. The van der Waals surface area contributed by atoms with Gasteiger partial charge in [0, 0.05) is 29.3 Å². The molecule has 4 aromatic rings. The van der Waals surface area contributed by atoms with Crippen LogP contribution in [0.5, 0.6) is 5.75 Å². The van der Waals surface area contributed by atoms with Crippen LogP contribution in [0.15, 0.2) is 67.0 Å². The highest BCUT2D eigenvalue weighted by Gasteiger charge is 2.08. The van der Waals surface area contributed by atoms with E-state index in [1.54, 1.807) is 7.11 Å². The van der Waals surface area contributed by atoms with Gasteiger partial charge in [-0.2, -0.15) is 0 Å². The summed E-state index contributed by atoms with van der Waals surface area (Å²) in [5, 5.41) is 5.71. The Kier molecular flexibility index (Phi) is 4.91. The van der Waals surface area contributed by atoms with Crippen molar-refractivity contribution in [2.45, 2.75) is 13.8 Å². The Hall–Kier alpha value is -3.80. The molecule has 0 atom stereocenters. The van der Waals surface area contributed by atoms with Crippen molar-refractivity contribution < 1.29 is 9.53 Å². The van der Waals surface area contributed by atoms with Gasteiger partial charge in [0.1, 0.15) is 11.4 Å². The summed E-state index contributed by atoms with van der Waals surface area (Å²) >= 11 is 0.